The van der Waals surface area contributed by atoms with Crippen LogP contribution in [0.25, 0.3) is 11.3 Å². The van der Waals surface area contributed by atoms with E-state index in [9.17, 15) is 13.2 Å². The van der Waals surface area contributed by atoms with Crippen molar-refractivity contribution in [3.63, 3.8) is 0 Å². The van der Waals surface area contributed by atoms with E-state index in [4.69, 9.17) is 0 Å². The second-order valence-corrected chi connectivity index (χ2v) is 8.62. The topological polar surface area (TPSA) is 8.81 Å². The normalized spacial score (nSPS) is 22.7. The molecular formula is C23H30F3N2+. The van der Waals surface area contributed by atoms with Gasteiger partial charge in [0, 0.05) is 13.3 Å². The second kappa shape index (κ2) is 6.11. The first-order chi connectivity index (χ1) is 13.2. The van der Waals surface area contributed by atoms with Crippen molar-refractivity contribution in [1.29, 1.82) is 0 Å². The Morgan fingerprint density at radius 3 is 2.32 bits per heavy atom. The van der Waals surface area contributed by atoms with Crippen LogP contribution in [-0.2, 0) is 37.0 Å². The Labute approximate surface area is 165 Å². The van der Waals surface area contributed by atoms with E-state index < -0.39 is 17.4 Å². The fourth-order valence-corrected chi connectivity index (χ4v) is 6.43. The van der Waals surface area contributed by atoms with Crippen molar-refractivity contribution >= 4 is 0 Å². The zero-order valence-electron chi connectivity index (χ0n) is 17.5. The molecule has 1 atom stereocenters. The second-order valence-electron chi connectivity index (χ2n) is 8.62. The van der Waals surface area contributed by atoms with E-state index in [1.54, 1.807) is 7.05 Å². The molecular weight excluding hydrogens is 361 g/mol. The highest BCUT2D eigenvalue weighted by Gasteiger charge is 2.63. The third-order valence-corrected chi connectivity index (χ3v) is 7.85. The van der Waals surface area contributed by atoms with Crippen molar-refractivity contribution in [2.45, 2.75) is 83.4 Å². The maximum Gasteiger partial charge on any atom is 0.437 e. The van der Waals surface area contributed by atoms with Crippen LogP contribution in [0, 0.1) is 0 Å². The summed E-state index contributed by atoms with van der Waals surface area (Å²) in [5, 5.41) is 0. The predicted molar refractivity (Wildman–Crippen MR) is 104 cm³/mol. The highest BCUT2D eigenvalue weighted by molar-refractivity contribution is 5.73. The van der Waals surface area contributed by atoms with Gasteiger partial charge in [-0.3, -0.25) is 0 Å². The molecule has 2 heterocycles. The first-order valence-corrected chi connectivity index (χ1v) is 10.5. The van der Waals surface area contributed by atoms with E-state index in [2.05, 4.69) is 45.9 Å². The summed E-state index contributed by atoms with van der Waals surface area (Å²) in [6.45, 7) is 8.66. The molecule has 1 unspecified atom stereocenters. The van der Waals surface area contributed by atoms with Gasteiger partial charge < -0.3 is 0 Å². The Hall–Kier alpha value is -1.78. The minimum Gasteiger partial charge on any atom is -0.164 e. The van der Waals surface area contributed by atoms with E-state index >= 15 is 0 Å². The number of hydrogen-bond acceptors (Lipinski definition) is 0. The smallest absolute Gasteiger partial charge is 0.164 e. The Morgan fingerprint density at radius 2 is 1.75 bits per heavy atom. The molecule has 152 valence electrons. The molecule has 1 aromatic heterocycles. The van der Waals surface area contributed by atoms with Crippen molar-refractivity contribution in [2.75, 3.05) is 0 Å². The molecule has 2 aliphatic rings. The van der Waals surface area contributed by atoms with Gasteiger partial charge in [0.25, 0.3) is 0 Å². The van der Waals surface area contributed by atoms with Crippen LogP contribution in [0.5, 0.6) is 0 Å². The zero-order chi connectivity index (χ0) is 20.5. The molecule has 0 fully saturated rings. The quantitative estimate of drug-likeness (QED) is 0.595. The van der Waals surface area contributed by atoms with Gasteiger partial charge in [-0.05, 0) is 43.2 Å². The highest BCUT2D eigenvalue weighted by atomic mass is 19.4. The Bertz CT molecular complexity index is 934. The van der Waals surface area contributed by atoms with E-state index in [1.807, 2.05) is 4.68 Å². The largest absolute Gasteiger partial charge is 0.437 e. The zero-order valence-corrected chi connectivity index (χ0v) is 17.5. The predicted octanol–water partition coefficient (Wildman–Crippen LogP) is 5.68. The maximum atomic E-state index is 14.2. The Morgan fingerprint density at radius 1 is 1.07 bits per heavy atom. The molecule has 0 amide bonds. The summed E-state index contributed by atoms with van der Waals surface area (Å²) in [5.74, 6) is 0. The summed E-state index contributed by atoms with van der Waals surface area (Å²) in [7, 11) is 1.61. The lowest BCUT2D eigenvalue weighted by molar-refractivity contribution is -0.833. The van der Waals surface area contributed by atoms with Gasteiger partial charge in [-0.15, -0.1) is 4.68 Å². The van der Waals surface area contributed by atoms with Crippen LogP contribution in [0.3, 0.4) is 0 Å². The maximum absolute atomic E-state index is 14.2. The highest BCUT2D eigenvalue weighted by Crippen LogP contribution is 2.55. The van der Waals surface area contributed by atoms with E-state index in [-0.39, 0.29) is 5.41 Å². The molecule has 5 heteroatoms. The molecule has 2 nitrogen and oxygen atoms in total. The summed E-state index contributed by atoms with van der Waals surface area (Å²) >= 11 is 0. The monoisotopic (exact) mass is 391 g/mol. The van der Waals surface area contributed by atoms with Gasteiger partial charge in [-0.1, -0.05) is 39.0 Å². The Balaban J connectivity index is 2.25. The molecule has 0 saturated heterocycles. The summed E-state index contributed by atoms with van der Waals surface area (Å²) in [6, 6.07) is 6.40. The van der Waals surface area contributed by atoms with Gasteiger partial charge in [0.2, 0.25) is 5.69 Å². The lowest BCUT2D eigenvalue weighted by Crippen LogP contribution is -2.71. The average Bonchev–Trinajstić information content (AvgIpc) is 2.83. The SMILES string of the molecule is CCC1(CC)c2cccc3c2-c2c(c(C(F)(F)F)n(C)[n+]2C1(C)CC)CCC3. The van der Waals surface area contributed by atoms with E-state index in [0.29, 0.717) is 12.0 Å². The molecule has 1 aliphatic heterocycles. The Kier molecular flexibility index (Phi) is 4.26. The number of benzene rings is 1. The van der Waals surface area contributed by atoms with Crippen LogP contribution < -0.4 is 4.68 Å². The number of aryl methyl sites for hydroxylation is 1. The number of nitrogens with zero attached hydrogens (tertiary/aromatic N) is 2. The van der Waals surface area contributed by atoms with Crippen LogP contribution in [0.15, 0.2) is 18.2 Å². The van der Waals surface area contributed by atoms with E-state index in [1.165, 1.54) is 15.8 Å². The summed E-state index contributed by atoms with van der Waals surface area (Å²) in [6.07, 6.45) is 0.297. The van der Waals surface area contributed by atoms with Gasteiger partial charge in [0.1, 0.15) is 0 Å². The average molecular weight is 392 g/mol. The van der Waals surface area contributed by atoms with Crippen LogP contribution >= 0.6 is 0 Å². The molecule has 0 bridgehead atoms. The van der Waals surface area contributed by atoms with Crippen LogP contribution in [0.4, 0.5) is 13.2 Å². The molecule has 2 aromatic rings. The third-order valence-electron chi connectivity index (χ3n) is 7.85. The molecule has 1 aliphatic carbocycles. The molecule has 1 aromatic carbocycles. The minimum absolute atomic E-state index is 0.193. The first-order valence-electron chi connectivity index (χ1n) is 10.5. The van der Waals surface area contributed by atoms with Crippen molar-refractivity contribution in [3.8, 4) is 11.3 Å². The fourth-order valence-electron chi connectivity index (χ4n) is 6.43. The molecule has 4 rings (SSSR count). The van der Waals surface area contributed by atoms with Crippen molar-refractivity contribution in [1.82, 2.24) is 4.68 Å². The molecule has 0 N–H and O–H groups in total. The number of aromatic nitrogens is 2. The van der Waals surface area contributed by atoms with Gasteiger partial charge in [-0.25, -0.2) is 0 Å². The number of alkyl halides is 3. The van der Waals surface area contributed by atoms with Crippen LogP contribution in [-0.4, -0.2) is 4.68 Å². The fraction of sp³-hybridized carbons (Fsp3) is 0.609. The number of halogens is 3. The lowest BCUT2D eigenvalue weighted by Gasteiger charge is -2.47. The summed E-state index contributed by atoms with van der Waals surface area (Å²) in [5.41, 5.74) is 3.76. The van der Waals surface area contributed by atoms with Crippen LogP contribution in [0.1, 0.15) is 75.8 Å². The van der Waals surface area contributed by atoms with Gasteiger partial charge >= 0.3 is 6.18 Å². The summed E-state index contributed by atoms with van der Waals surface area (Å²) < 4.78 is 46.0. The number of hydrogen-bond donors (Lipinski definition) is 0. The molecule has 0 radical (unpaired) electrons. The standard InChI is InChI=1S/C23H30F3N2/c1-6-21(4)22(7-2,8-3)17-14-10-12-15-11-9-13-16-19(18(15)17)28(21)27(5)20(16)23(24,25)26/h10,12,14H,6-9,11,13H2,1-5H3/q+1. The van der Waals surface area contributed by atoms with Crippen molar-refractivity contribution in [3.05, 3.63) is 40.6 Å². The third kappa shape index (κ3) is 2.13. The first kappa shape index (κ1) is 19.5. The molecule has 0 saturated carbocycles. The molecule has 28 heavy (non-hydrogen) atoms. The van der Waals surface area contributed by atoms with Crippen molar-refractivity contribution in [2.24, 2.45) is 7.05 Å². The van der Waals surface area contributed by atoms with Crippen molar-refractivity contribution < 1.29 is 17.9 Å². The molecule has 0 spiro atoms. The van der Waals surface area contributed by atoms with Gasteiger partial charge in [-0.2, -0.15) is 17.9 Å². The lowest BCUT2D eigenvalue weighted by atomic mass is 9.58. The van der Waals surface area contributed by atoms with Gasteiger partial charge in [0.15, 0.2) is 11.2 Å². The number of rotatable bonds is 3. The minimum atomic E-state index is -4.36. The van der Waals surface area contributed by atoms with Gasteiger partial charge in [0.05, 0.1) is 23.6 Å². The summed E-state index contributed by atoms with van der Waals surface area (Å²) in [4.78, 5) is 0. The van der Waals surface area contributed by atoms with E-state index in [0.717, 1.165) is 43.4 Å². The van der Waals surface area contributed by atoms with Crippen LogP contribution in [0.2, 0.25) is 0 Å².